The summed E-state index contributed by atoms with van der Waals surface area (Å²) in [6, 6.07) is 15.4. The molecule has 0 aliphatic carbocycles. The predicted octanol–water partition coefficient (Wildman–Crippen LogP) is 4.93. The number of anilines is 1. The summed E-state index contributed by atoms with van der Waals surface area (Å²) in [5, 5.41) is 7.28. The Morgan fingerprint density at radius 1 is 1.09 bits per heavy atom. The van der Waals surface area contributed by atoms with Crippen LogP contribution in [0.3, 0.4) is 0 Å². The number of benzene rings is 2. The van der Waals surface area contributed by atoms with Gasteiger partial charge in [-0.15, -0.1) is 0 Å². The minimum absolute atomic E-state index is 0.152. The summed E-state index contributed by atoms with van der Waals surface area (Å²) in [7, 11) is 3.98. The second-order valence-corrected chi connectivity index (χ2v) is 9.49. The molecular weight excluding hydrogens is 440 g/mol. The Morgan fingerprint density at radius 3 is 2.61 bits per heavy atom. The number of hydrogen-bond donors (Lipinski definition) is 1. The van der Waals surface area contributed by atoms with Crippen LogP contribution in [0.2, 0.25) is 0 Å². The van der Waals surface area contributed by atoms with Crippen molar-refractivity contribution in [1.82, 2.24) is 9.88 Å². The van der Waals surface area contributed by atoms with Crippen molar-refractivity contribution < 1.29 is 8.78 Å². The Balaban J connectivity index is 1.92. The molecule has 1 atom stereocenters. The van der Waals surface area contributed by atoms with E-state index in [1.165, 1.54) is 17.8 Å². The lowest BCUT2D eigenvalue weighted by Crippen LogP contribution is -2.38. The summed E-state index contributed by atoms with van der Waals surface area (Å²) in [6.07, 6.45) is 4.97. The van der Waals surface area contributed by atoms with Crippen molar-refractivity contribution in [3.05, 3.63) is 95.3 Å². The summed E-state index contributed by atoms with van der Waals surface area (Å²) in [6.45, 7) is 1.17. The Kier molecular flexibility index (Phi) is 7.07. The van der Waals surface area contributed by atoms with Gasteiger partial charge in [-0.2, -0.15) is 5.10 Å². The fourth-order valence-corrected chi connectivity index (χ4v) is 5.46. The summed E-state index contributed by atoms with van der Waals surface area (Å²) < 4.78 is 28.9. The summed E-state index contributed by atoms with van der Waals surface area (Å²) in [4.78, 5) is 5.71. The van der Waals surface area contributed by atoms with Crippen molar-refractivity contribution in [1.29, 1.82) is 0 Å². The van der Waals surface area contributed by atoms with Gasteiger partial charge in [0.15, 0.2) is 0 Å². The van der Waals surface area contributed by atoms with E-state index in [-0.39, 0.29) is 5.56 Å². The highest BCUT2D eigenvalue weighted by molar-refractivity contribution is 8.15. The molecule has 172 valence electrons. The molecule has 2 N–H and O–H groups in total. The van der Waals surface area contributed by atoms with Gasteiger partial charge in [0.1, 0.15) is 21.5 Å². The van der Waals surface area contributed by atoms with E-state index in [1.54, 1.807) is 6.20 Å². The van der Waals surface area contributed by atoms with Crippen molar-refractivity contribution in [2.45, 2.75) is 24.3 Å². The normalized spacial score (nSPS) is 18.1. The molecule has 2 heterocycles. The molecule has 3 aromatic rings. The third-order valence-corrected chi connectivity index (χ3v) is 6.94. The fraction of sp³-hybridized carbons (Fsp3) is 0.280. The average molecular weight is 468 g/mol. The zero-order chi connectivity index (χ0) is 23.4. The number of nitrogens with zero attached hydrogens (tertiary/aromatic N) is 4. The highest BCUT2D eigenvalue weighted by Gasteiger charge is 2.47. The number of hydrazone groups is 1. The molecule has 0 saturated heterocycles. The first kappa shape index (κ1) is 23.4. The second-order valence-electron chi connectivity index (χ2n) is 8.23. The molecule has 0 fully saturated rings. The van der Waals surface area contributed by atoms with E-state index in [1.807, 2.05) is 61.7 Å². The highest BCUT2D eigenvalue weighted by Crippen LogP contribution is 2.52. The van der Waals surface area contributed by atoms with E-state index in [9.17, 15) is 8.78 Å². The molecule has 1 aromatic heterocycles. The van der Waals surface area contributed by atoms with Gasteiger partial charge in [0.05, 0.1) is 5.69 Å². The minimum atomic E-state index is -0.670. The third-order valence-electron chi connectivity index (χ3n) is 5.49. The lowest BCUT2D eigenvalue weighted by molar-refractivity contribution is 0.400. The van der Waals surface area contributed by atoms with Crippen LogP contribution in [-0.4, -0.2) is 35.6 Å². The third kappa shape index (κ3) is 4.78. The largest absolute Gasteiger partial charge is 0.330 e. The van der Waals surface area contributed by atoms with Crippen molar-refractivity contribution in [2.75, 3.05) is 25.6 Å². The van der Waals surface area contributed by atoms with Gasteiger partial charge in [-0.25, -0.2) is 13.8 Å². The van der Waals surface area contributed by atoms with E-state index in [0.29, 0.717) is 24.6 Å². The fourth-order valence-electron chi connectivity index (χ4n) is 4.03. The quantitative estimate of drug-likeness (QED) is 0.509. The highest BCUT2D eigenvalue weighted by atomic mass is 32.2. The van der Waals surface area contributed by atoms with E-state index < -0.39 is 16.5 Å². The van der Waals surface area contributed by atoms with E-state index in [4.69, 9.17) is 10.8 Å². The molecule has 0 saturated carbocycles. The zero-order valence-electron chi connectivity index (χ0n) is 18.7. The van der Waals surface area contributed by atoms with E-state index >= 15 is 0 Å². The summed E-state index contributed by atoms with van der Waals surface area (Å²) >= 11 is 1.44. The van der Waals surface area contributed by atoms with Crippen LogP contribution < -0.4 is 10.7 Å². The number of thioether (sulfide) groups is 1. The first-order chi connectivity index (χ1) is 15.9. The number of nitrogens with two attached hydrogens (primary N) is 1. The zero-order valence-corrected chi connectivity index (χ0v) is 19.5. The lowest BCUT2D eigenvalue weighted by Gasteiger charge is -2.38. The Hall–Kier alpha value is -2.81. The molecule has 0 bridgehead atoms. The Bertz CT molecular complexity index is 1140. The van der Waals surface area contributed by atoms with Gasteiger partial charge >= 0.3 is 0 Å². The van der Waals surface area contributed by atoms with Crippen LogP contribution in [0.15, 0.2) is 72.1 Å². The molecule has 4 rings (SSSR count). The van der Waals surface area contributed by atoms with E-state index in [0.717, 1.165) is 35.4 Å². The summed E-state index contributed by atoms with van der Waals surface area (Å²) in [5.74, 6) is -1.01. The molecule has 1 unspecified atom stereocenters. The molecule has 0 radical (unpaired) electrons. The van der Waals surface area contributed by atoms with Gasteiger partial charge in [0.25, 0.3) is 0 Å². The van der Waals surface area contributed by atoms with Gasteiger partial charge < -0.3 is 10.6 Å². The molecule has 5 nitrogen and oxygen atoms in total. The van der Waals surface area contributed by atoms with Gasteiger partial charge in [-0.1, -0.05) is 42.1 Å². The maximum Gasteiger partial charge on any atom is 0.139 e. The van der Waals surface area contributed by atoms with Crippen molar-refractivity contribution >= 4 is 22.5 Å². The van der Waals surface area contributed by atoms with Crippen LogP contribution in [0.25, 0.3) is 0 Å². The molecule has 1 aliphatic heterocycles. The van der Waals surface area contributed by atoms with Crippen LogP contribution in [0.1, 0.15) is 29.5 Å². The number of hydrogen-bond acceptors (Lipinski definition) is 6. The van der Waals surface area contributed by atoms with Crippen LogP contribution in [0, 0.1) is 11.6 Å². The first-order valence-corrected chi connectivity index (χ1v) is 11.6. The number of rotatable bonds is 8. The molecule has 0 amide bonds. The average Bonchev–Trinajstić information content (AvgIpc) is 3.20. The molecule has 8 heteroatoms. The number of aromatic nitrogens is 1. The number of halogens is 2. The van der Waals surface area contributed by atoms with Crippen LogP contribution in [0.5, 0.6) is 0 Å². The number of pyridine rings is 1. The van der Waals surface area contributed by atoms with Gasteiger partial charge in [-0.05, 0) is 63.3 Å². The monoisotopic (exact) mass is 467 g/mol. The maximum absolute atomic E-state index is 14.8. The molecular formula is C25H27F2N5S. The van der Waals surface area contributed by atoms with Crippen LogP contribution >= 0.6 is 11.8 Å². The topological polar surface area (TPSA) is 57.8 Å². The van der Waals surface area contributed by atoms with Gasteiger partial charge in [0, 0.05) is 30.1 Å². The second kappa shape index (κ2) is 9.99. The predicted molar refractivity (Wildman–Crippen MR) is 131 cm³/mol. The van der Waals surface area contributed by atoms with Crippen LogP contribution in [0.4, 0.5) is 14.5 Å². The van der Waals surface area contributed by atoms with Gasteiger partial charge in [0.2, 0.25) is 0 Å². The molecule has 33 heavy (non-hydrogen) atoms. The summed E-state index contributed by atoms with van der Waals surface area (Å²) in [5.41, 5.74) is 8.95. The van der Waals surface area contributed by atoms with E-state index in [2.05, 4.69) is 9.88 Å². The molecule has 1 aliphatic rings. The Labute approximate surface area is 197 Å². The Morgan fingerprint density at radius 2 is 1.88 bits per heavy atom. The minimum Gasteiger partial charge on any atom is -0.330 e. The smallest absolute Gasteiger partial charge is 0.139 e. The van der Waals surface area contributed by atoms with Crippen molar-refractivity contribution in [3.63, 3.8) is 0 Å². The standard InChI is InChI=1S/C25H27F2N5S/c1-31(2)17-18-16-29-14-11-23(18)32-25(12-6-13-28,19-7-4-3-5-8-19)33-24(30-32)21-15-20(26)9-10-22(21)27/h3-5,7-11,14-16H,6,12-13,17,28H2,1-2H3. The molecule has 0 spiro atoms. The molecule has 2 aromatic carbocycles. The van der Waals surface area contributed by atoms with Crippen LogP contribution in [-0.2, 0) is 11.4 Å². The lowest BCUT2D eigenvalue weighted by atomic mass is 9.99. The van der Waals surface area contributed by atoms with Crippen molar-refractivity contribution in [2.24, 2.45) is 10.8 Å². The maximum atomic E-state index is 14.8. The SMILES string of the molecule is CN(C)Cc1cnccc1N1N=C(c2cc(F)ccc2F)SC1(CCCN)c1ccccc1. The van der Waals surface area contributed by atoms with Crippen molar-refractivity contribution in [3.8, 4) is 0 Å². The van der Waals surface area contributed by atoms with Gasteiger partial charge in [-0.3, -0.25) is 4.98 Å². The first-order valence-electron chi connectivity index (χ1n) is 10.8.